The number of nitrogens with one attached hydrogen (secondary N) is 2. The lowest BCUT2D eigenvalue weighted by atomic mass is 10.1. The van der Waals surface area contributed by atoms with Crippen molar-refractivity contribution < 1.29 is 18.0 Å². The summed E-state index contributed by atoms with van der Waals surface area (Å²) in [5.41, 5.74) is 0.437. The van der Waals surface area contributed by atoms with Crippen LogP contribution in [0.1, 0.15) is 26.5 Å². The van der Waals surface area contributed by atoms with E-state index in [1.54, 1.807) is 47.8 Å². The van der Waals surface area contributed by atoms with Gasteiger partial charge in [0.1, 0.15) is 6.17 Å². The van der Waals surface area contributed by atoms with Gasteiger partial charge >= 0.3 is 0 Å². The molecule has 0 aliphatic carbocycles. The Labute approximate surface area is 150 Å². The normalized spacial score (nSPS) is 20.1. The molecular weight excluding hydrogens is 360 g/mol. The first-order valence-electron chi connectivity index (χ1n) is 7.85. The molecule has 2 atom stereocenters. The van der Waals surface area contributed by atoms with Gasteiger partial charge in [-0.15, -0.1) is 11.3 Å². The molecule has 132 valence electrons. The average Bonchev–Trinajstić information content (AvgIpc) is 3.24. The van der Waals surface area contributed by atoms with Gasteiger partial charge in [-0.3, -0.25) is 14.9 Å². The second kappa shape index (κ2) is 7.47. The van der Waals surface area contributed by atoms with Crippen molar-refractivity contribution in [2.45, 2.75) is 18.6 Å². The molecule has 1 aromatic heterocycles. The number of hydrogen-bond acceptors (Lipinski definition) is 6. The molecule has 0 radical (unpaired) electrons. The molecule has 0 bridgehead atoms. The number of rotatable bonds is 6. The van der Waals surface area contributed by atoms with Crippen molar-refractivity contribution in [1.29, 1.82) is 0 Å². The number of hydrogen-bond donors (Lipinski definition) is 2. The summed E-state index contributed by atoms with van der Waals surface area (Å²) < 4.78 is 23.3. The first-order valence-corrected chi connectivity index (χ1v) is 10.5. The molecule has 0 saturated carbocycles. The lowest BCUT2D eigenvalue weighted by Gasteiger charge is -2.22. The lowest BCUT2D eigenvalue weighted by molar-refractivity contribution is 0.0834. The highest BCUT2D eigenvalue weighted by Crippen LogP contribution is 2.15. The van der Waals surface area contributed by atoms with Crippen molar-refractivity contribution in [2.75, 3.05) is 11.5 Å². The van der Waals surface area contributed by atoms with E-state index in [0.717, 1.165) is 0 Å². The molecule has 2 N–H and O–H groups in total. The summed E-state index contributed by atoms with van der Waals surface area (Å²) in [5.74, 6) is -0.591. The minimum atomic E-state index is -3.09. The van der Waals surface area contributed by atoms with Gasteiger partial charge < -0.3 is 5.32 Å². The summed E-state index contributed by atoms with van der Waals surface area (Å²) in [6.45, 7) is 0. The van der Waals surface area contributed by atoms with Crippen molar-refractivity contribution in [3.05, 3.63) is 58.3 Å². The van der Waals surface area contributed by atoms with E-state index in [-0.39, 0.29) is 29.2 Å². The van der Waals surface area contributed by atoms with E-state index in [0.29, 0.717) is 16.9 Å². The van der Waals surface area contributed by atoms with E-state index in [4.69, 9.17) is 0 Å². The van der Waals surface area contributed by atoms with Crippen LogP contribution in [-0.4, -0.2) is 43.8 Å². The van der Waals surface area contributed by atoms with E-state index < -0.39 is 16.0 Å². The maximum absolute atomic E-state index is 12.7. The van der Waals surface area contributed by atoms with Gasteiger partial charge in [0.05, 0.1) is 16.4 Å². The van der Waals surface area contributed by atoms with Crippen molar-refractivity contribution >= 4 is 32.9 Å². The van der Waals surface area contributed by atoms with Gasteiger partial charge in [-0.1, -0.05) is 24.3 Å². The van der Waals surface area contributed by atoms with Crippen LogP contribution in [0.5, 0.6) is 0 Å². The highest BCUT2D eigenvalue weighted by molar-refractivity contribution is 7.91. The van der Waals surface area contributed by atoms with E-state index in [9.17, 15) is 18.0 Å². The van der Waals surface area contributed by atoms with Crippen LogP contribution in [0.4, 0.5) is 0 Å². The Balaban J connectivity index is 1.77. The monoisotopic (exact) mass is 378 g/mol. The van der Waals surface area contributed by atoms with Gasteiger partial charge in [0.15, 0.2) is 9.84 Å². The molecule has 2 aromatic rings. The third-order valence-corrected chi connectivity index (χ3v) is 6.62. The third kappa shape index (κ3) is 4.53. The maximum atomic E-state index is 12.7. The first-order chi connectivity index (χ1) is 11.9. The summed E-state index contributed by atoms with van der Waals surface area (Å²) in [7, 11) is -3.09. The largest absolute Gasteiger partial charge is 0.330 e. The average molecular weight is 378 g/mol. The predicted octanol–water partition coefficient (Wildman–Crippen LogP) is 1.46. The summed E-state index contributed by atoms with van der Waals surface area (Å²) in [6, 6.07) is 11.7. The number of benzene rings is 1. The van der Waals surface area contributed by atoms with Crippen LogP contribution in [-0.2, 0) is 9.84 Å². The minimum absolute atomic E-state index is 0.0254. The number of carbonyl (C=O) groups excluding carboxylic acids is 2. The number of carbonyl (C=O) groups is 2. The predicted molar refractivity (Wildman–Crippen MR) is 96.5 cm³/mol. The van der Waals surface area contributed by atoms with E-state index >= 15 is 0 Å². The summed E-state index contributed by atoms with van der Waals surface area (Å²) in [4.78, 5) is 25.6. The fourth-order valence-electron chi connectivity index (χ4n) is 2.71. The van der Waals surface area contributed by atoms with E-state index in [1.807, 2.05) is 0 Å². The standard InChI is InChI=1S/C17H18N2O4S2/c20-15(14-7-4-9-24-14)16(18-13-8-10-25(22,23)11-13)19-17(21)12-5-2-1-3-6-12/h1-7,9,13,16,18H,8,10-11H2,(H,19,21)/t13-,16-/m0/s1. The Bertz CT molecular complexity index is 848. The molecule has 25 heavy (non-hydrogen) atoms. The van der Waals surface area contributed by atoms with Crippen LogP contribution in [0.2, 0.25) is 0 Å². The summed E-state index contributed by atoms with van der Waals surface area (Å²) >= 11 is 1.28. The molecule has 1 aliphatic rings. The van der Waals surface area contributed by atoms with Gasteiger partial charge in [-0.2, -0.15) is 0 Å². The highest BCUT2D eigenvalue weighted by atomic mass is 32.2. The molecule has 1 aromatic carbocycles. The molecule has 1 fully saturated rings. The fraction of sp³-hybridized carbons (Fsp3) is 0.294. The van der Waals surface area contributed by atoms with Gasteiger partial charge in [0.2, 0.25) is 5.78 Å². The smallest absolute Gasteiger partial charge is 0.252 e. The molecular formula is C17H18N2O4S2. The van der Waals surface area contributed by atoms with Crippen molar-refractivity contribution in [1.82, 2.24) is 10.6 Å². The Morgan fingerprint density at radius 1 is 1.12 bits per heavy atom. The van der Waals surface area contributed by atoms with Crippen LogP contribution < -0.4 is 10.6 Å². The highest BCUT2D eigenvalue weighted by Gasteiger charge is 2.32. The van der Waals surface area contributed by atoms with Gasteiger partial charge in [-0.25, -0.2) is 8.42 Å². The number of Topliss-reactive ketones (excluding diaryl/α,β-unsaturated/α-hetero) is 1. The topological polar surface area (TPSA) is 92.3 Å². The van der Waals surface area contributed by atoms with E-state index in [1.165, 1.54) is 11.3 Å². The quantitative estimate of drug-likeness (QED) is 0.587. The molecule has 1 saturated heterocycles. The van der Waals surface area contributed by atoms with Gasteiger partial charge in [0.25, 0.3) is 5.91 Å². The summed E-state index contributed by atoms with van der Waals surface area (Å²) in [6.07, 6.45) is -0.540. The van der Waals surface area contributed by atoms with E-state index in [2.05, 4.69) is 10.6 Å². The zero-order valence-electron chi connectivity index (χ0n) is 13.3. The molecule has 6 nitrogen and oxygen atoms in total. The molecule has 0 unspecified atom stereocenters. The van der Waals surface area contributed by atoms with Gasteiger partial charge in [-0.05, 0) is 30.0 Å². The number of ketones is 1. The lowest BCUT2D eigenvalue weighted by Crippen LogP contribution is -2.54. The van der Waals surface area contributed by atoms with Crippen molar-refractivity contribution in [3.63, 3.8) is 0 Å². The number of amides is 1. The molecule has 1 amide bonds. The SMILES string of the molecule is O=C(N[C@H](N[C@H]1CCS(=O)(=O)C1)C(=O)c1cccs1)c1ccccc1. The van der Waals surface area contributed by atoms with Crippen LogP contribution in [0.3, 0.4) is 0 Å². The minimum Gasteiger partial charge on any atom is -0.330 e. The fourth-order valence-corrected chi connectivity index (χ4v) is 5.09. The van der Waals surface area contributed by atoms with Crippen LogP contribution in [0, 0.1) is 0 Å². The molecule has 3 rings (SSSR count). The van der Waals surface area contributed by atoms with Crippen molar-refractivity contribution in [3.8, 4) is 0 Å². The zero-order chi connectivity index (χ0) is 17.9. The Morgan fingerprint density at radius 3 is 2.48 bits per heavy atom. The third-order valence-electron chi connectivity index (χ3n) is 3.97. The van der Waals surface area contributed by atoms with Crippen LogP contribution in [0.15, 0.2) is 47.8 Å². The number of sulfone groups is 1. The first kappa shape index (κ1) is 17.8. The van der Waals surface area contributed by atoms with Crippen LogP contribution in [0.25, 0.3) is 0 Å². The molecule has 0 spiro atoms. The Morgan fingerprint density at radius 2 is 1.88 bits per heavy atom. The molecule has 2 heterocycles. The second-order valence-electron chi connectivity index (χ2n) is 5.88. The maximum Gasteiger partial charge on any atom is 0.252 e. The second-order valence-corrected chi connectivity index (χ2v) is 9.06. The Kier molecular flexibility index (Phi) is 5.31. The Hall–Kier alpha value is -2.03. The molecule has 1 aliphatic heterocycles. The number of thiophene rings is 1. The van der Waals surface area contributed by atoms with Gasteiger partial charge in [0, 0.05) is 11.6 Å². The zero-order valence-corrected chi connectivity index (χ0v) is 15.0. The van der Waals surface area contributed by atoms with Crippen molar-refractivity contribution in [2.24, 2.45) is 0 Å². The summed E-state index contributed by atoms with van der Waals surface area (Å²) in [5, 5.41) is 7.48. The molecule has 8 heteroatoms. The van der Waals surface area contributed by atoms with Crippen LogP contribution >= 0.6 is 11.3 Å².